The van der Waals surface area contributed by atoms with Crippen LogP contribution in [0.1, 0.15) is 25.5 Å². The van der Waals surface area contributed by atoms with E-state index >= 15 is 0 Å². The van der Waals surface area contributed by atoms with Crippen LogP contribution in [0.15, 0.2) is 46.9 Å². The molecule has 0 amide bonds. The Morgan fingerprint density at radius 2 is 1.65 bits per heavy atom. The molecule has 0 heterocycles. The molecule has 0 fully saturated rings. The number of hydrogen-bond donors (Lipinski definition) is 1. The van der Waals surface area contributed by atoms with Gasteiger partial charge in [0.2, 0.25) is 0 Å². The van der Waals surface area contributed by atoms with Crippen LogP contribution in [-0.4, -0.2) is 19.4 Å². The largest absolute Gasteiger partial charge is 0.457 e. The predicted octanol–water partition coefficient (Wildman–Crippen LogP) is 5.65. The molecule has 0 bridgehead atoms. The van der Waals surface area contributed by atoms with Gasteiger partial charge in [-0.15, -0.1) is 0 Å². The first-order valence-electron chi connectivity index (χ1n) is 8.23. The van der Waals surface area contributed by atoms with Gasteiger partial charge < -0.3 is 19.5 Å². The average Bonchev–Trinajstić information content (AvgIpc) is 2.57. The molecule has 0 radical (unpaired) electrons. The molecule has 1 atom stereocenters. The summed E-state index contributed by atoms with van der Waals surface area (Å²) in [6, 6.07) is 10.8. The van der Waals surface area contributed by atoms with Gasteiger partial charge in [-0.3, -0.25) is 4.57 Å². The molecule has 0 aromatic heterocycles. The fourth-order valence-electron chi connectivity index (χ4n) is 2.39. The SMILES string of the molecule is CCOP(=O)(CC(N)c1ccc(Oc2ccc(Br)cc2)cc1F)OCC. The van der Waals surface area contributed by atoms with Crippen molar-refractivity contribution in [3.05, 3.63) is 58.3 Å². The topological polar surface area (TPSA) is 70.8 Å². The third kappa shape index (κ3) is 5.89. The molecular formula is C18H22BrFNO4P. The fraction of sp³-hybridized carbons (Fsp3) is 0.333. The summed E-state index contributed by atoms with van der Waals surface area (Å²) in [4.78, 5) is 0. The summed E-state index contributed by atoms with van der Waals surface area (Å²) < 4.78 is 44.0. The normalized spacial score (nSPS) is 12.8. The van der Waals surface area contributed by atoms with Gasteiger partial charge >= 0.3 is 7.60 Å². The Hall–Kier alpha value is -1.24. The van der Waals surface area contributed by atoms with E-state index in [1.165, 1.54) is 12.1 Å². The van der Waals surface area contributed by atoms with Crippen molar-refractivity contribution >= 4 is 23.5 Å². The molecule has 2 aromatic rings. The summed E-state index contributed by atoms with van der Waals surface area (Å²) >= 11 is 3.34. The van der Waals surface area contributed by atoms with Crippen molar-refractivity contribution in [1.29, 1.82) is 0 Å². The zero-order valence-corrected chi connectivity index (χ0v) is 17.1. The Labute approximate surface area is 161 Å². The summed E-state index contributed by atoms with van der Waals surface area (Å²) in [5, 5.41) is 0. The molecule has 2 N–H and O–H groups in total. The van der Waals surface area contributed by atoms with E-state index in [9.17, 15) is 8.96 Å². The number of halogens is 2. The zero-order valence-electron chi connectivity index (χ0n) is 14.7. The van der Waals surface area contributed by atoms with E-state index in [4.69, 9.17) is 19.5 Å². The lowest BCUT2D eigenvalue weighted by Gasteiger charge is -2.21. The zero-order chi connectivity index (χ0) is 19.2. The Balaban J connectivity index is 2.12. The summed E-state index contributed by atoms with van der Waals surface area (Å²) in [5.74, 6) is 0.395. The quantitative estimate of drug-likeness (QED) is 0.505. The predicted molar refractivity (Wildman–Crippen MR) is 103 cm³/mol. The Bertz CT molecular complexity index is 762. The van der Waals surface area contributed by atoms with Crippen molar-refractivity contribution in [2.24, 2.45) is 5.73 Å². The number of nitrogens with two attached hydrogens (primary N) is 1. The van der Waals surface area contributed by atoms with Crippen molar-refractivity contribution in [1.82, 2.24) is 0 Å². The molecule has 0 saturated carbocycles. The lowest BCUT2D eigenvalue weighted by atomic mass is 10.1. The first-order chi connectivity index (χ1) is 12.4. The van der Waals surface area contributed by atoms with Crippen LogP contribution < -0.4 is 10.5 Å². The molecule has 2 aromatic carbocycles. The minimum absolute atomic E-state index is 0.0987. The maximum atomic E-state index is 14.5. The van der Waals surface area contributed by atoms with Gasteiger partial charge in [0.15, 0.2) is 0 Å². The lowest BCUT2D eigenvalue weighted by Crippen LogP contribution is -2.18. The minimum atomic E-state index is -3.36. The van der Waals surface area contributed by atoms with E-state index in [1.54, 1.807) is 32.0 Å². The van der Waals surface area contributed by atoms with Crippen LogP contribution in [0.2, 0.25) is 0 Å². The highest BCUT2D eigenvalue weighted by Gasteiger charge is 2.28. The summed E-state index contributed by atoms with van der Waals surface area (Å²) in [6.45, 7) is 3.89. The maximum absolute atomic E-state index is 14.5. The van der Waals surface area contributed by atoms with E-state index in [-0.39, 0.29) is 24.9 Å². The molecule has 1 unspecified atom stereocenters. The third-order valence-electron chi connectivity index (χ3n) is 3.49. The molecular weight excluding hydrogens is 424 g/mol. The van der Waals surface area contributed by atoms with Crippen LogP contribution in [0.4, 0.5) is 4.39 Å². The number of hydrogen-bond acceptors (Lipinski definition) is 5. The van der Waals surface area contributed by atoms with Crippen molar-refractivity contribution in [2.75, 3.05) is 19.4 Å². The summed E-state index contributed by atoms with van der Waals surface area (Å²) in [5.41, 5.74) is 6.27. The van der Waals surface area contributed by atoms with Gasteiger partial charge in [-0.1, -0.05) is 22.0 Å². The highest BCUT2D eigenvalue weighted by atomic mass is 79.9. The maximum Gasteiger partial charge on any atom is 0.332 e. The van der Waals surface area contributed by atoms with Gasteiger partial charge in [0.1, 0.15) is 17.3 Å². The second kappa shape index (κ2) is 9.62. The van der Waals surface area contributed by atoms with E-state index in [0.717, 1.165) is 4.47 Å². The van der Waals surface area contributed by atoms with Crippen molar-refractivity contribution in [3.63, 3.8) is 0 Å². The highest BCUT2D eigenvalue weighted by molar-refractivity contribution is 9.10. The first-order valence-corrected chi connectivity index (χ1v) is 10.8. The average molecular weight is 446 g/mol. The molecule has 0 aliphatic rings. The van der Waals surface area contributed by atoms with Gasteiger partial charge in [-0.05, 0) is 44.2 Å². The third-order valence-corrected chi connectivity index (χ3v) is 6.17. The Kier molecular flexibility index (Phi) is 7.80. The van der Waals surface area contributed by atoms with E-state index in [1.807, 2.05) is 12.1 Å². The molecule has 0 aliphatic carbocycles. The van der Waals surface area contributed by atoms with Crippen LogP contribution >= 0.6 is 23.5 Å². The van der Waals surface area contributed by atoms with Gasteiger partial charge in [-0.2, -0.15) is 0 Å². The molecule has 0 saturated heterocycles. The van der Waals surface area contributed by atoms with E-state index in [0.29, 0.717) is 11.5 Å². The Morgan fingerprint density at radius 1 is 1.08 bits per heavy atom. The molecule has 26 heavy (non-hydrogen) atoms. The second-order valence-corrected chi connectivity index (χ2v) is 8.49. The summed E-state index contributed by atoms with van der Waals surface area (Å²) in [7, 11) is -3.36. The molecule has 5 nitrogen and oxygen atoms in total. The van der Waals surface area contributed by atoms with Gasteiger partial charge in [0.25, 0.3) is 0 Å². The second-order valence-electron chi connectivity index (χ2n) is 5.47. The number of rotatable bonds is 9. The molecule has 0 spiro atoms. The Morgan fingerprint density at radius 3 is 2.19 bits per heavy atom. The first kappa shape index (κ1) is 21.1. The van der Waals surface area contributed by atoms with Crippen LogP contribution in [0.5, 0.6) is 11.5 Å². The molecule has 142 valence electrons. The van der Waals surface area contributed by atoms with Crippen molar-refractivity contribution < 1.29 is 22.7 Å². The van der Waals surface area contributed by atoms with Crippen LogP contribution in [0.3, 0.4) is 0 Å². The minimum Gasteiger partial charge on any atom is -0.457 e. The molecule has 2 rings (SSSR count). The molecule has 8 heteroatoms. The standard InChI is InChI=1S/C18H22BrFNO4P/c1-3-23-26(22,24-4-2)12-18(21)16-10-9-15(11-17(16)20)25-14-7-5-13(19)6-8-14/h5-11,18H,3-4,12,21H2,1-2H3. The summed E-state index contributed by atoms with van der Waals surface area (Å²) in [6.07, 6.45) is -0.0987. The lowest BCUT2D eigenvalue weighted by molar-refractivity contribution is 0.218. The molecule has 0 aliphatic heterocycles. The van der Waals surface area contributed by atoms with Crippen LogP contribution in [0, 0.1) is 5.82 Å². The highest BCUT2D eigenvalue weighted by Crippen LogP contribution is 2.50. The smallest absolute Gasteiger partial charge is 0.332 e. The van der Waals surface area contributed by atoms with Crippen molar-refractivity contribution in [2.45, 2.75) is 19.9 Å². The van der Waals surface area contributed by atoms with Gasteiger partial charge in [0.05, 0.1) is 19.4 Å². The van der Waals surface area contributed by atoms with Crippen molar-refractivity contribution in [3.8, 4) is 11.5 Å². The number of benzene rings is 2. The van der Waals surface area contributed by atoms with Gasteiger partial charge in [0, 0.05) is 22.1 Å². The van der Waals surface area contributed by atoms with Gasteiger partial charge in [-0.25, -0.2) is 4.39 Å². The van der Waals surface area contributed by atoms with E-state index < -0.39 is 19.5 Å². The monoisotopic (exact) mass is 445 g/mol. The number of ether oxygens (including phenoxy) is 1. The van der Waals surface area contributed by atoms with E-state index in [2.05, 4.69) is 15.9 Å². The fourth-order valence-corrected chi connectivity index (χ4v) is 4.40. The van der Waals surface area contributed by atoms with Crippen LogP contribution in [-0.2, 0) is 13.6 Å². The van der Waals surface area contributed by atoms with Crippen LogP contribution in [0.25, 0.3) is 0 Å².